The van der Waals surface area contributed by atoms with Gasteiger partial charge in [0.25, 0.3) is 0 Å². The Balaban J connectivity index is 0.000000186. The van der Waals surface area contributed by atoms with Crippen molar-refractivity contribution in [1.29, 1.82) is 0 Å². The minimum Gasteiger partial charge on any atom is -0.306 e. The average Bonchev–Trinajstić information content (AvgIpc) is 2.49. The smallest absolute Gasteiger partial charge is 0.0133 e. The van der Waals surface area contributed by atoms with Crippen molar-refractivity contribution >= 4 is 0 Å². The Morgan fingerprint density at radius 1 is 0.789 bits per heavy atom. The molecular formula is C18H23N. The third-order valence-electron chi connectivity index (χ3n) is 3.72. The molecule has 0 aliphatic heterocycles. The number of likely N-dealkylation sites (N-methyl/N-ethyl adjacent to an activating group) is 1. The molecule has 1 aliphatic carbocycles. The molecule has 19 heavy (non-hydrogen) atoms. The first-order valence-electron chi connectivity index (χ1n) is 7.00. The lowest BCUT2D eigenvalue weighted by Gasteiger charge is -2.29. The number of benzene rings is 2. The highest BCUT2D eigenvalue weighted by atomic mass is 15.1. The van der Waals surface area contributed by atoms with Gasteiger partial charge in [0.15, 0.2) is 0 Å². The van der Waals surface area contributed by atoms with E-state index in [0.717, 1.165) is 6.04 Å². The lowest BCUT2D eigenvalue weighted by molar-refractivity contribution is 0.268. The summed E-state index contributed by atoms with van der Waals surface area (Å²) in [5, 5.41) is 0. The molecule has 100 valence electrons. The standard InChI is InChI=1S/C12H17N.C6H6/c1-13(2)12-8-7-10-5-3-4-6-11(10)9-12;1-2-4-6-5-3-1/h3-6,12H,7-9H2,1-2H3;1-6H. The van der Waals surface area contributed by atoms with Crippen LogP contribution < -0.4 is 0 Å². The normalized spacial score (nSPS) is 17.3. The minimum atomic E-state index is 0.745. The zero-order valence-corrected chi connectivity index (χ0v) is 11.9. The Hall–Kier alpha value is -1.60. The van der Waals surface area contributed by atoms with Gasteiger partial charge in [-0.05, 0) is 44.5 Å². The molecule has 2 aromatic rings. The second-order valence-electron chi connectivity index (χ2n) is 5.28. The topological polar surface area (TPSA) is 3.24 Å². The summed E-state index contributed by atoms with van der Waals surface area (Å²) in [7, 11) is 4.36. The van der Waals surface area contributed by atoms with E-state index in [-0.39, 0.29) is 0 Å². The number of nitrogens with zero attached hydrogens (tertiary/aromatic N) is 1. The minimum absolute atomic E-state index is 0.745. The van der Waals surface area contributed by atoms with Crippen molar-refractivity contribution in [2.45, 2.75) is 25.3 Å². The van der Waals surface area contributed by atoms with Crippen LogP contribution in [-0.2, 0) is 12.8 Å². The lowest BCUT2D eigenvalue weighted by Crippen LogP contribution is -2.33. The van der Waals surface area contributed by atoms with Crippen LogP contribution in [0.5, 0.6) is 0 Å². The van der Waals surface area contributed by atoms with E-state index in [9.17, 15) is 0 Å². The van der Waals surface area contributed by atoms with Gasteiger partial charge in [0, 0.05) is 6.04 Å². The van der Waals surface area contributed by atoms with Crippen LogP contribution in [-0.4, -0.2) is 25.0 Å². The van der Waals surface area contributed by atoms with E-state index in [0.29, 0.717) is 0 Å². The first-order chi connectivity index (χ1) is 9.27. The van der Waals surface area contributed by atoms with Gasteiger partial charge in [0.05, 0.1) is 0 Å². The summed E-state index contributed by atoms with van der Waals surface area (Å²) in [6, 6.07) is 21.6. The Bertz CT molecular complexity index is 449. The maximum absolute atomic E-state index is 2.34. The van der Waals surface area contributed by atoms with E-state index in [2.05, 4.69) is 43.3 Å². The number of hydrogen-bond acceptors (Lipinski definition) is 1. The van der Waals surface area contributed by atoms with Gasteiger partial charge in [-0.15, -0.1) is 0 Å². The SMILES string of the molecule is CN(C)C1CCc2ccccc2C1.c1ccccc1. The predicted molar refractivity (Wildman–Crippen MR) is 82.4 cm³/mol. The van der Waals surface area contributed by atoms with E-state index in [1.54, 1.807) is 11.1 Å². The van der Waals surface area contributed by atoms with Gasteiger partial charge < -0.3 is 4.90 Å². The van der Waals surface area contributed by atoms with Crippen molar-refractivity contribution in [2.75, 3.05) is 14.1 Å². The molecule has 0 amide bonds. The Kier molecular flexibility index (Phi) is 5.17. The maximum atomic E-state index is 2.34. The van der Waals surface area contributed by atoms with Gasteiger partial charge in [-0.2, -0.15) is 0 Å². The summed E-state index contributed by atoms with van der Waals surface area (Å²) in [6.45, 7) is 0. The van der Waals surface area contributed by atoms with E-state index in [1.165, 1.54) is 19.3 Å². The van der Waals surface area contributed by atoms with Crippen LogP contribution in [0.25, 0.3) is 0 Å². The van der Waals surface area contributed by atoms with Gasteiger partial charge in [-0.3, -0.25) is 0 Å². The summed E-state index contributed by atoms with van der Waals surface area (Å²) in [5.41, 5.74) is 3.10. The number of fused-ring (bicyclic) bond motifs is 1. The summed E-state index contributed by atoms with van der Waals surface area (Å²) in [4.78, 5) is 2.34. The van der Waals surface area contributed by atoms with E-state index >= 15 is 0 Å². The van der Waals surface area contributed by atoms with Gasteiger partial charge in [-0.25, -0.2) is 0 Å². The molecule has 0 saturated carbocycles. The molecule has 0 saturated heterocycles. The zero-order valence-electron chi connectivity index (χ0n) is 11.9. The van der Waals surface area contributed by atoms with Crippen molar-refractivity contribution in [1.82, 2.24) is 4.90 Å². The second-order valence-corrected chi connectivity index (χ2v) is 5.28. The highest BCUT2D eigenvalue weighted by Gasteiger charge is 2.18. The fraction of sp³-hybridized carbons (Fsp3) is 0.333. The molecule has 0 radical (unpaired) electrons. The van der Waals surface area contributed by atoms with Gasteiger partial charge in [0.2, 0.25) is 0 Å². The summed E-state index contributed by atoms with van der Waals surface area (Å²) < 4.78 is 0. The van der Waals surface area contributed by atoms with Crippen LogP contribution in [0.1, 0.15) is 17.5 Å². The third kappa shape index (κ3) is 4.22. The van der Waals surface area contributed by atoms with Crippen LogP contribution in [0, 0.1) is 0 Å². The van der Waals surface area contributed by atoms with Crippen LogP contribution in [0.2, 0.25) is 0 Å². The van der Waals surface area contributed by atoms with Crippen LogP contribution in [0.15, 0.2) is 60.7 Å². The van der Waals surface area contributed by atoms with Crippen molar-refractivity contribution in [2.24, 2.45) is 0 Å². The molecule has 1 aliphatic rings. The molecule has 3 rings (SSSR count). The molecule has 0 heterocycles. The Morgan fingerprint density at radius 3 is 1.84 bits per heavy atom. The van der Waals surface area contributed by atoms with E-state index in [4.69, 9.17) is 0 Å². The molecule has 1 atom stereocenters. The van der Waals surface area contributed by atoms with Crippen molar-refractivity contribution in [3.8, 4) is 0 Å². The molecule has 0 spiro atoms. The summed E-state index contributed by atoms with van der Waals surface area (Å²) >= 11 is 0. The van der Waals surface area contributed by atoms with Gasteiger partial charge >= 0.3 is 0 Å². The van der Waals surface area contributed by atoms with E-state index in [1.807, 2.05) is 36.4 Å². The second kappa shape index (κ2) is 7.10. The quantitative estimate of drug-likeness (QED) is 0.747. The average molecular weight is 253 g/mol. The molecule has 0 bridgehead atoms. The Morgan fingerprint density at radius 2 is 1.32 bits per heavy atom. The molecule has 1 unspecified atom stereocenters. The largest absolute Gasteiger partial charge is 0.306 e. The number of hydrogen-bond donors (Lipinski definition) is 0. The molecule has 2 aromatic carbocycles. The highest BCUT2D eigenvalue weighted by Crippen LogP contribution is 2.22. The highest BCUT2D eigenvalue weighted by molar-refractivity contribution is 5.30. The van der Waals surface area contributed by atoms with Crippen molar-refractivity contribution in [3.63, 3.8) is 0 Å². The molecule has 0 N–H and O–H groups in total. The monoisotopic (exact) mass is 253 g/mol. The molecule has 1 nitrogen and oxygen atoms in total. The van der Waals surface area contributed by atoms with Crippen LogP contribution in [0.4, 0.5) is 0 Å². The third-order valence-corrected chi connectivity index (χ3v) is 3.72. The van der Waals surface area contributed by atoms with Gasteiger partial charge in [0.1, 0.15) is 0 Å². The number of rotatable bonds is 1. The number of aryl methyl sites for hydroxylation is 1. The van der Waals surface area contributed by atoms with Crippen molar-refractivity contribution < 1.29 is 0 Å². The van der Waals surface area contributed by atoms with Crippen LogP contribution >= 0.6 is 0 Å². The lowest BCUT2D eigenvalue weighted by atomic mass is 9.88. The first kappa shape index (κ1) is 13.8. The molecule has 0 aromatic heterocycles. The predicted octanol–water partition coefficient (Wildman–Crippen LogP) is 3.79. The van der Waals surface area contributed by atoms with Gasteiger partial charge in [-0.1, -0.05) is 60.7 Å². The molecule has 1 heteroatoms. The zero-order chi connectivity index (χ0) is 13.5. The first-order valence-corrected chi connectivity index (χ1v) is 7.00. The fourth-order valence-corrected chi connectivity index (χ4v) is 2.50. The molecular weight excluding hydrogens is 230 g/mol. The summed E-state index contributed by atoms with van der Waals surface area (Å²) in [6.07, 6.45) is 3.78. The van der Waals surface area contributed by atoms with Crippen LogP contribution in [0.3, 0.4) is 0 Å². The summed E-state index contributed by atoms with van der Waals surface area (Å²) in [5.74, 6) is 0. The maximum Gasteiger partial charge on any atom is 0.0133 e. The van der Waals surface area contributed by atoms with E-state index < -0.39 is 0 Å². The van der Waals surface area contributed by atoms with Crippen molar-refractivity contribution in [3.05, 3.63) is 71.8 Å². The Labute approximate surface area is 116 Å². The fourth-order valence-electron chi connectivity index (χ4n) is 2.50. The molecule has 0 fully saturated rings.